The molecule has 1 aromatic rings. The van der Waals surface area contributed by atoms with Crippen molar-refractivity contribution in [3.05, 3.63) is 24.3 Å². The molecule has 0 fully saturated rings. The molecule has 0 N–H and O–H groups in total. The highest BCUT2D eigenvalue weighted by atomic mass is 28.4. The van der Waals surface area contributed by atoms with E-state index in [9.17, 15) is 0 Å². The number of rotatable bonds is 22. The number of ether oxygens (including phenoxy) is 2. The van der Waals surface area contributed by atoms with Gasteiger partial charge in [0.15, 0.2) is 0 Å². The predicted molar refractivity (Wildman–Crippen MR) is 138 cm³/mol. The summed E-state index contributed by atoms with van der Waals surface area (Å²) < 4.78 is 47.3. The first-order valence-electron chi connectivity index (χ1n) is 12.7. The molecule has 0 heterocycles. The fourth-order valence-electron chi connectivity index (χ4n) is 3.61. The van der Waals surface area contributed by atoms with Crippen LogP contribution in [0.25, 0.3) is 0 Å². The van der Waals surface area contributed by atoms with Gasteiger partial charge in [-0.1, -0.05) is 6.07 Å². The summed E-state index contributed by atoms with van der Waals surface area (Å²) in [7, 11) is -5.26. The second-order valence-corrected chi connectivity index (χ2v) is 12.8. The molecule has 0 amide bonds. The molecule has 0 radical (unpaired) electrons. The van der Waals surface area contributed by atoms with Gasteiger partial charge < -0.3 is 36.0 Å². The molecular formula is C24H46O8Si2. The highest BCUT2D eigenvalue weighted by Crippen LogP contribution is 2.23. The Labute approximate surface area is 208 Å². The lowest BCUT2D eigenvalue weighted by molar-refractivity contribution is 0.0690. The van der Waals surface area contributed by atoms with Crippen molar-refractivity contribution in [3.8, 4) is 11.5 Å². The van der Waals surface area contributed by atoms with E-state index in [1.807, 2.05) is 65.8 Å². The van der Waals surface area contributed by atoms with Crippen LogP contribution in [-0.2, 0) is 26.6 Å². The van der Waals surface area contributed by atoms with Crippen molar-refractivity contribution in [1.29, 1.82) is 0 Å². The SMILES string of the molecule is CCO[Si](CCCOc1cccc(OCCC[Si](OCC)(OCC)OCC)c1)(OCC)OCC. The van der Waals surface area contributed by atoms with Gasteiger partial charge in [-0.3, -0.25) is 0 Å². The van der Waals surface area contributed by atoms with Gasteiger partial charge in [0, 0.05) is 57.8 Å². The van der Waals surface area contributed by atoms with Crippen molar-refractivity contribution in [2.75, 3.05) is 52.9 Å². The molecule has 0 aliphatic carbocycles. The smallest absolute Gasteiger partial charge is 0.493 e. The second-order valence-electron chi connectivity index (χ2n) is 7.34. The molecule has 0 atom stereocenters. The summed E-state index contributed by atoms with van der Waals surface area (Å²) >= 11 is 0. The molecule has 198 valence electrons. The average Bonchev–Trinajstić information content (AvgIpc) is 2.81. The van der Waals surface area contributed by atoms with Gasteiger partial charge in [0.05, 0.1) is 13.2 Å². The van der Waals surface area contributed by atoms with Crippen LogP contribution < -0.4 is 9.47 Å². The van der Waals surface area contributed by atoms with Crippen molar-refractivity contribution in [1.82, 2.24) is 0 Å². The lowest BCUT2D eigenvalue weighted by Crippen LogP contribution is -2.46. The van der Waals surface area contributed by atoms with Crippen LogP contribution in [0.1, 0.15) is 54.4 Å². The van der Waals surface area contributed by atoms with E-state index in [-0.39, 0.29) is 0 Å². The van der Waals surface area contributed by atoms with E-state index in [1.54, 1.807) is 0 Å². The van der Waals surface area contributed by atoms with Crippen LogP contribution in [-0.4, -0.2) is 70.5 Å². The molecule has 0 bridgehead atoms. The van der Waals surface area contributed by atoms with Crippen molar-refractivity contribution in [3.63, 3.8) is 0 Å². The molecule has 34 heavy (non-hydrogen) atoms. The molecule has 8 nitrogen and oxygen atoms in total. The van der Waals surface area contributed by atoms with Crippen LogP contribution in [0.3, 0.4) is 0 Å². The van der Waals surface area contributed by atoms with Gasteiger partial charge in [-0.2, -0.15) is 0 Å². The zero-order valence-electron chi connectivity index (χ0n) is 22.1. The first kappa shape index (κ1) is 31.0. The maximum absolute atomic E-state index is 5.96. The maximum atomic E-state index is 5.96. The molecule has 0 aliphatic heterocycles. The fraction of sp³-hybridized carbons (Fsp3) is 0.750. The number of benzene rings is 1. The van der Waals surface area contributed by atoms with Crippen molar-refractivity contribution in [2.24, 2.45) is 0 Å². The summed E-state index contributed by atoms with van der Waals surface area (Å²) in [6, 6.07) is 9.17. The number of hydrogen-bond donors (Lipinski definition) is 0. The van der Waals surface area contributed by atoms with E-state index < -0.39 is 17.6 Å². The zero-order chi connectivity index (χ0) is 25.1. The Kier molecular flexibility index (Phi) is 16.7. The summed E-state index contributed by atoms with van der Waals surface area (Å²) in [5.41, 5.74) is 0. The largest absolute Gasteiger partial charge is 0.501 e. The van der Waals surface area contributed by atoms with E-state index in [0.29, 0.717) is 52.9 Å². The Morgan fingerprint density at radius 3 is 1.15 bits per heavy atom. The van der Waals surface area contributed by atoms with Crippen molar-refractivity contribution in [2.45, 2.75) is 66.5 Å². The van der Waals surface area contributed by atoms with Crippen LogP contribution in [0.4, 0.5) is 0 Å². The summed E-state index contributed by atoms with van der Waals surface area (Å²) in [5.74, 6) is 1.55. The van der Waals surface area contributed by atoms with Gasteiger partial charge in [0.25, 0.3) is 0 Å². The Bertz CT molecular complexity index is 551. The zero-order valence-corrected chi connectivity index (χ0v) is 24.1. The van der Waals surface area contributed by atoms with Crippen LogP contribution in [0.2, 0.25) is 12.1 Å². The van der Waals surface area contributed by atoms with Crippen molar-refractivity contribution < 1.29 is 36.0 Å². The van der Waals surface area contributed by atoms with E-state index in [1.165, 1.54) is 0 Å². The second kappa shape index (κ2) is 18.3. The van der Waals surface area contributed by atoms with Gasteiger partial charge in [0.1, 0.15) is 11.5 Å². The summed E-state index contributed by atoms with van der Waals surface area (Å²) in [6.45, 7) is 16.4. The predicted octanol–water partition coefficient (Wildman–Crippen LogP) is 5.32. The van der Waals surface area contributed by atoms with E-state index in [4.69, 9.17) is 36.0 Å². The molecule has 1 rings (SSSR count). The topological polar surface area (TPSA) is 73.8 Å². The van der Waals surface area contributed by atoms with Crippen LogP contribution >= 0.6 is 0 Å². The lowest BCUT2D eigenvalue weighted by Gasteiger charge is -2.28. The highest BCUT2D eigenvalue weighted by molar-refractivity contribution is 6.61. The third-order valence-corrected chi connectivity index (χ3v) is 11.1. The third kappa shape index (κ3) is 11.6. The molecular weight excluding hydrogens is 472 g/mol. The van der Waals surface area contributed by atoms with Gasteiger partial charge in [-0.25, -0.2) is 0 Å². The molecule has 0 aliphatic rings. The van der Waals surface area contributed by atoms with E-state index in [2.05, 4.69) is 0 Å². The molecule has 10 heteroatoms. The van der Waals surface area contributed by atoms with Crippen LogP contribution in [0, 0.1) is 0 Å². The van der Waals surface area contributed by atoms with Gasteiger partial charge in [0.2, 0.25) is 0 Å². The maximum Gasteiger partial charge on any atom is 0.501 e. The Hall–Kier alpha value is -0.986. The minimum atomic E-state index is -2.63. The summed E-state index contributed by atoms with van der Waals surface area (Å²) in [6.07, 6.45) is 1.58. The van der Waals surface area contributed by atoms with Gasteiger partial charge in [-0.15, -0.1) is 0 Å². The standard InChI is InChI=1S/C24H46O8Si2/c1-7-27-33(28-8-2,29-9-3)20-14-18-25-23-16-13-17-24(22-23)26-19-15-21-34(30-10-4,31-11-5)32-12-6/h13,16-17,22H,7-12,14-15,18-21H2,1-6H3. The minimum Gasteiger partial charge on any atom is -0.493 e. The van der Waals surface area contributed by atoms with Crippen molar-refractivity contribution >= 4 is 17.6 Å². The first-order chi connectivity index (χ1) is 16.5. The molecule has 0 spiro atoms. The molecule has 0 unspecified atom stereocenters. The highest BCUT2D eigenvalue weighted by Gasteiger charge is 2.40. The monoisotopic (exact) mass is 518 g/mol. The average molecular weight is 519 g/mol. The van der Waals surface area contributed by atoms with Crippen LogP contribution in [0.15, 0.2) is 24.3 Å². The lowest BCUT2D eigenvalue weighted by atomic mass is 10.3. The molecule has 1 aromatic carbocycles. The molecule has 0 saturated carbocycles. The van der Waals surface area contributed by atoms with Gasteiger partial charge >= 0.3 is 17.6 Å². The normalized spacial score (nSPS) is 12.2. The summed E-state index contributed by atoms with van der Waals surface area (Å²) in [5, 5.41) is 0. The Morgan fingerprint density at radius 2 is 0.853 bits per heavy atom. The summed E-state index contributed by atoms with van der Waals surface area (Å²) in [4.78, 5) is 0. The Balaban J connectivity index is 2.51. The first-order valence-corrected chi connectivity index (χ1v) is 16.6. The third-order valence-electron chi connectivity index (χ3n) is 4.78. The molecule has 0 aromatic heterocycles. The Morgan fingerprint density at radius 1 is 0.529 bits per heavy atom. The molecule has 0 saturated heterocycles. The number of hydrogen-bond acceptors (Lipinski definition) is 8. The van der Waals surface area contributed by atoms with E-state index >= 15 is 0 Å². The quantitative estimate of drug-likeness (QED) is 0.151. The minimum absolute atomic E-state index is 0.552. The van der Waals surface area contributed by atoms with Gasteiger partial charge in [-0.05, 0) is 66.5 Å². The van der Waals surface area contributed by atoms with E-state index in [0.717, 1.165) is 36.4 Å². The van der Waals surface area contributed by atoms with Crippen LogP contribution in [0.5, 0.6) is 11.5 Å². The fourth-order valence-corrected chi connectivity index (χ4v) is 8.77.